The highest BCUT2D eigenvalue weighted by molar-refractivity contribution is 6.22. The molecular weight excluding hydrogens is 232 g/mol. The summed E-state index contributed by atoms with van der Waals surface area (Å²) in [7, 11) is 0. The topological polar surface area (TPSA) is 13.1 Å². The molecule has 1 nitrogen and oxygen atoms in total. The standard InChI is InChI=1S/C18H14O/c1-2-6-14-12(4-1)10-13-9-8-11-5-3-7-15-16(11)17(13)18(14)19-15/h3,5,7-10H,1-2,4,6H2. The van der Waals surface area contributed by atoms with Crippen molar-refractivity contribution in [3.63, 3.8) is 0 Å². The summed E-state index contributed by atoms with van der Waals surface area (Å²) in [6.45, 7) is 0. The molecule has 0 bridgehead atoms. The van der Waals surface area contributed by atoms with Crippen molar-refractivity contribution in [2.45, 2.75) is 25.7 Å². The second-order valence-electron chi connectivity index (χ2n) is 5.67. The van der Waals surface area contributed by atoms with Crippen LogP contribution in [0, 0.1) is 0 Å². The molecule has 0 unspecified atom stereocenters. The predicted octanol–water partition coefficient (Wildman–Crippen LogP) is 5.06. The Labute approximate surface area is 111 Å². The van der Waals surface area contributed by atoms with Gasteiger partial charge in [0.15, 0.2) is 0 Å². The summed E-state index contributed by atoms with van der Waals surface area (Å²) in [5, 5.41) is 5.28. The van der Waals surface area contributed by atoms with Gasteiger partial charge in [-0.1, -0.05) is 30.3 Å². The Bertz CT molecular complexity index is 913. The van der Waals surface area contributed by atoms with Crippen LogP contribution in [0.25, 0.3) is 32.7 Å². The monoisotopic (exact) mass is 246 g/mol. The number of benzene rings is 3. The Morgan fingerprint density at radius 2 is 1.74 bits per heavy atom. The zero-order chi connectivity index (χ0) is 12.4. The van der Waals surface area contributed by atoms with E-state index in [1.54, 1.807) is 0 Å². The largest absolute Gasteiger partial charge is 0.456 e. The van der Waals surface area contributed by atoms with Gasteiger partial charge in [0, 0.05) is 10.8 Å². The first kappa shape index (κ1) is 9.85. The average Bonchev–Trinajstić information content (AvgIpc) is 2.85. The first-order valence-corrected chi connectivity index (χ1v) is 7.10. The van der Waals surface area contributed by atoms with E-state index in [-0.39, 0.29) is 0 Å². The number of aryl methyl sites for hydroxylation is 2. The Balaban J connectivity index is 2.11. The Hall–Kier alpha value is -2.02. The zero-order valence-corrected chi connectivity index (χ0v) is 10.7. The lowest BCUT2D eigenvalue weighted by molar-refractivity contribution is 0.638. The van der Waals surface area contributed by atoms with E-state index < -0.39 is 0 Å². The lowest BCUT2D eigenvalue weighted by atomic mass is 9.88. The maximum atomic E-state index is 6.21. The highest BCUT2D eigenvalue weighted by Crippen LogP contribution is 2.41. The molecule has 0 fully saturated rings. The predicted molar refractivity (Wildman–Crippen MR) is 79.1 cm³/mol. The van der Waals surface area contributed by atoms with Gasteiger partial charge in [0.25, 0.3) is 0 Å². The van der Waals surface area contributed by atoms with Crippen molar-refractivity contribution in [2.75, 3.05) is 0 Å². The van der Waals surface area contributed by atoms with Gasteiger partial charge in [-0.3, -0.25) is 0 Å². The van der Waals surface area contributed by atoms with Gasteiger partial charge in [-0.25, -0.2) is 0 Å². The normalized spacial score (nSPS) is 15.6. The van der Waals surface area contributed by atoms with E-state index in [1.165, 1.54) is 58.4 Å². The molecule has 0 N–H and O–H groups in total. The first-order valence-electron chi connectivity index (χ1n) is 7.10. The molecule has 3 aromatic carbocycles. The maximum Gasteiger partial charge on any atom is 0.139 e. The molecule has 0 spiro atoms. The molecule has 4 aromatic rings. The zero-order valence-electron chi connectivity index (χ0n) is 10.7. The number of furan rings is 1. The van der Waals surface area contributed by atoms with E-state index >= 15 is 0 Å². The van der Waals surface area contributed by atoms with Gasteiger partial charge in [0.05, 0.1) is 0 Å². The molecule has 0 saturated carbocycles. The lowest BCUT2D eigenvalue weighted by Crippen LogP contribution is -2.02. The van der Waals surface area contributed by atoms with Crippen molar-refractivity contribution in [3.05, 3.63) is 47.5 Å². The van der Waals surface area contributed by atoms with E-state index in [1.807, 2.05) is 0 Å². The Kier molecular flexibility index (Phi) is 1.71. The van der Waals surface area contributed by atoms with Crippen LogP contribution in [0.4, 0.5) is 0 Å². The van der Waals surface area contributed by atoms with Crippen molar-refractivity contribution in [1.82, 2.24) is 0 Å². The third-order valence-electron chi connectivity index (χ3n) is 4.59. The van der Waals surface area contributed by atoms with Gasteiger partial charge in [-0.2, -0.15) is 0 Å². The van der Waals surface area contributed by atoms with E-state index in [9.17, 15) is 0 Å². The Morgan fingerprint density at radius 1 is 0.842 bits per heavy atom. The van der Waals surface area contributed by atoms with Gasteiger partial charge < -0.3 is 4.42 Å². The summed E-state index contributed by atoms with van der Waals surface area (Å²) < 4.78 is 6.21. The van der Waals surface area contributed by atoms with Crippen LogP contribution >= 0.6 is 0 Å². The fraction of sp³-hybridized carbons (Fsp3) is 0.222. The molecule has 5 rings (SSSR count). The second kappa shape index (κ2) is 3.30. The molecule has 92 valence electrons. The van der Waals surface area contributed by atoms with Crippen LogP contribution in [0.3, 0.4) is 0 Å². The van der Waals surface area contributed by atoms with Gasteiger partial charge in [-0.15, -0.1) is 0 Å². The van der Waals surface area contributed by atoms with Crippen molar-refractivity contribution in [2.24, 2.45) is 0 Å². The van der Waals surface area contributed by atoms with Crippen LogP contribution in [-0.2, 0) is 12.8 Å². The minimum absolute atomic E-state index is 1.04. The molecule has 0 atom stereocenters. The molecule has 0 amide bonds. The summed E-state index contributed by atoms with van der Waals surface area (Å²) in [6.07, 6.45) is 4.98. The van der Waals surface area contributed by atoms with Crippen LogP contribution in [0.2, 0.25) is 0 Å². The van der Waals surface area contributed by atoms with Crippen LogP contribution in [0.5, 0.6) is 0 Å². The van der Waals surface area contributed by atoms with E-state index in [4.69, 9.17) is 4.42 Å². The quantitative estimate of drug-likeness (QED) is 0.395. The molecule has 1 aliphatic carbocycles. The number of fused-ring (bicyclic) bond motifs is 2. The summed E-state index contributed by atoms with van der Waals surface area (Å²) in [5.74, 6) is 0. The highest BCUT2D eigenvalue weighted by Gasteiger charge is 2.20. The Morgan fingerprint density at radius 3 is 2.74 bits per heavy atom. The fourth-order valence-electron chi connectivity index (χ4n) is 3.72. The number of hydrogen-bond acceptors (Lipinski definition) is 1. The van der Waals surface area contributed by atoms with Crippen LogP contribution < -0.4 is 0 Å². The van der Waals surface area contributed by atoms with E-state index in [0.29, 0.717) is 0 Å². The molecule has 1 heterocycles. The third kappa shape index (κ3) is 1.16. The summed E-state index contributed by atoms with van der Waals surface area (Å²) >= 11 is 0. The van der Waals surface area contributed by atoms with Crippen LogP contribution in [0.15, 0.2) is 40.8 Å². The van der Waals surface area contributed by atoms with Gasteiger partial charge in [0.2, 0.25) is 0 Å². The van der Waals surface area contributed by atoms with Gasteiger partial charge >= 0.3 is 0 Å². The van der Waals surface area contributed by atoms with E-state index in [2.05, 4.69) is 36.4 Å². The van der Waals surface area contributed by atoms with E-state index in [0.717, 1.165) is 11.2 Å². The molecule has 1 aromatic heterocycles. The molecular formula is C18H14O. The lowest BCUT2D eigenvalue weighted by Gasteiger charge is -2.16. The summed E-state index contributed by atoms with van der Waals surface area (Å²) in [5.41, 5.74) is 5.15. The molecule has 1 heteroatoms. The maximum absolute atomic E-state index is 6.21. The summed E-state index contributed by atoms with van der Waals surface area (Å²) in [6, 6.07) is 13.2. The third-order valence-corrected chi connectivity index (χ3v) is 4.59. The van der Waals surface area contributed by atoms with Gasteiger partial charge in [0.1, 0.15) is 11.2 Å². The molecule has 19 heavy (non-hydrogen) atoms. The minimum Gasteiger partial charge on any atom is -0.456 e. The smallest absolute Gasteiger partial charge is 0.139 e. The summed E-state index contributed by atoms with van der Waals surface area (Å²) in [4.78, 5) is 0. The molecule has 1 aliphatic rings. The van der Waals surface area contributed by atoms with Crippen molar-refractivity contribution < 1.29 is 4.42 Å². The number of rotatable bonds is 0. The molecule has 0 saturated heterocycles. The molecule has 0 aliphatic heterocycles. The average molecular weight is 246 g/mol. The van der Waals surface area contributed by atoms with Crippen molar-refractivity contribution >= 4 is 32.7 Å². The van der Waals surface area contributed by atoms with Crippen molar-refractivity contribution in [3.8, 4) is 0 Å². The fourth-order valence-corrected chi connectivity index (χ4v) is 3.72. The SMILES string of the molecule is c1cc2ccc3cc4c(c5oc(c1)c2c35)CCCC4. The van der Waals surface area contributed by atoms with Crippen molar-refractivity contribution in [1.29, 1.82) is 0 Å². The molecule has 0 radical (unpaired) electrons. The van der Waals surface area contributed by atoms with Gasteiger partial charge in [-0.05, 0) is 53.6 Å². The van der Waals surface area contributed by atoms with Crippen LogP contribution in [0.1, 0.15) is 24.0 Å². The minimum atomic E-state index is 1.04. The first-order chi connectivity index (χ1) is 9.42. The highest BCUT2D eigenvalue weighted by atomic mass is 16.3. The number of hydrogen-bond donors (Lipinski definition) is 0. The van der Waals surface area contributed by atoms with Crippen LogP contribution in [-0.4, -0.2) is 0 Å². The second-order valence-corrected chi connectivity index (χ2v) is 5.67.